The van der Waals surface area contributed by atoms with Crippen LogP contribution in [0.4, 0.5) is 5.69 Å². The molecule has 1 fully saturated rings. The molecule has 8 nitrogen and oxygen atoms in total. The molecule has 1 amide bonds. The molecule has 0 radical (unpaired) electrons. The minimum Gasteiger partial charge on any atom is -0.493 e. The van der Waals surface area contributed by atoms with Gasteiger partial charge in [0.25, 0.3) is 5.91 Å². The molecule has 152 valence electrons. The number of carbonyl (C=O) groups excluding carboxylic acids is 1. The van der Waals surface area contributed by atoms with Crippen LogP contribution in [0.1, 0.15) is 29.8 Å². The van der Waals surface area contributed by atoms with Gasteiger partial charge in [0.2, 0.25) is 10.0 Å². The summed E-state index contributed by atoms with van der Waals surface area (Å²) in [4.78, 5) is 12.8. The summed E-state index contributed by atoms with van der Waals surface area (Å²) in [6.07, 6.45) is 4.24. The van der Waals surface area contributed by atoms with Gasteiger partial charge in [0.15, 0.2) is 11.5 Å². The van der Waals surface area contributed by atoms with Gasteiger partial charge in [-0.25, -0.2) is 8.42 Å². The molecular weight excluding hydrogens is 382 g/mol. The molecule has 1 aliphatic rings. The molecule has 1 aromatic heterocycles. The molecule has 0 saturated carbocycles. The second-order valence-electron chi connectivity index (χ2n) is 6.66. The Kier molecular flexibility index (Phi) is 5.95. The van der Waals surface area contributed by atoms with E-state index in [9.17, 15) is 13.2 Å². The van der Waals surface area contributed by atoms with Gasteiger partial charge in [0.1, 0.15) is 10.6 Å². The van der Waals surface area contributed by atoms with E-state index in [4.69, 9.17) is 9.47 Å². The third kappa shape index (κ3) is 4.00. The Morgan fingerprint density at radius 2 is 1.71 bits per heavy atom. The maximum Gasteiger partial charge on any atom is 0.272 e. The van der Waals surface area contributed by atoms with Crippen molar-refractivity contribution in [2.75, 3.05) is 32.6 Å². The van der Waals surface area contributed by atoms with Crippen LogP contribution in [0.2, 0.25) is 0 Å². The molecule has 0 unspecified atom stereocenters. The Morgan fingerprint density at radius 3 is 2.36 bits per heavy atom. The molecule has 0 bridgehead atoms. The smallest absolute Gasteiger partial charge is 0.272 e. The molecule has 0 aliphatic carbocycles. The predicted molar refractivity (Wildman–Crippen MR) is 106 cm³/mol. The molecule has 28 heavy (non-hydrogen) atoms. The summed E-state index contributed by atoms with van der Waals surface area (Å²) >= 11 is 0. The van der Waals surface area contributed by atoms with E-state index in [1.165, 1.54) is 35.4 Å². The Hall–Kier alpha value is -2.52. The zero-order chi connectivity index (χ0) is 20.3. The summed E-state index contributed by atoms with van der Waals surface area (Å²) in [6.45, 7) is 1.04. The van der Waals surface area contributed by atoms with E-state index in [1.54, 1.807) is 25.2 Å². The van der Waals surface area contributed by atoms with Crippen LogP contribution >= 0.6 is 0 Å². The normalized spacial score (nSPS) is 15.2. The van der Waals surface area contributed by atoms with Crippen molar-refractivity contribution >= 4 is 21.6 Å². The van der Waals surface area contributed by atoms with E-state index < -0.39 is 15.9 Å². The lowest BCUT2D eigenvalue weighted by Gasteiger charge is -2.25. The van der Waals surface area contributed by atoms with Crippen LogP contribution < -0.4 is 14.8 Å². The average Bonchev–Trinajstić information content (AvgIpc) is 3.11. The van der Waals surface area contributed by atoms with E-state index >= 15 is 0 Å². The van der Waals surface area contributed by atoms with Gasteiger partial charge in [-0.2, -0.15) is 4.31 Å². The number of ether oxygens (including phenoxy) is 2. The number of amides is 1. The number of sulfonamides is 1. The number of hydrogen-bond donors (Lipinski definition) is 1. The summed E-state index contributed by atoms with van der Waals surface area (Å²) in [6, 6.07) is 6.43. The fraction of sp³-hybridized carbons (Fsp3) is 0.421. The van der Waals surface area contributed by atoms with Gasteiger partial charge in [-0.1, -0.05) is 6.42 Å². The Balaban J connectivity index is 1.82. The van der Waals surface area contributed by atoms with Crippen LogP contribution in [-0.2, 0) is 17.1 Å². The van der Waals surface area contributed by atoms with Crippen molar-refractivity contribution in [1.82, 2.24) is 8.87 Å². The lowest BCUT2D eigenvalue weighted by molar-refractivity contribution is 0.101. The van der Waals surface area contributed by atoms with Gasteiger partial charge in [0, 0.05) is 38.1 Å². The molecular formula is C19H25N3O5S. The average molecular weight is 407 g/mol. The van der Waals surface area contributed by atoms with Crippen LogP contribution in [0.25, 0.3) is 0 Å². The van der Waals surface area contributed by atoms with E-state index in [1.807, 2.05) is 0 Å². The van der Waals surface area contributed by atoms with Crippen molar-refractivity contribution in [2.24, 2.45) is 7.05 Å². The highest BCUT2D eigenvalue weighted by atomic mass is 32.2. The molecule has 3 rings (SSSR count). The second kappa shape index (κ2) is 8.24. The second-order valence-corrected chi connectivity index (χ2v) is 8.60. The highest BCUT2D eigenvalue weighted by molar-refractivity contribution is 7.89. The molecule has 1 saturated heterocycles. The minimum absolute atomic E-state index is 0.134. The van der Waals surface area contributed by atoms with Gasteiger partial charge in [-0.15, -0.1) is 0 Å². The van der Waals surface area contributed by atoms with Gasteiger partial charge < -0.3 is 19.4 Å². The number of aromatic nitrogens is 1. The first-order valence-corrected chi connectivity index (χ1v) is 10.5. The van der Waals surface area contributed by atoms with Crippen molar-refractivity contribution in [3.8, 4) is 11.5 Å². The van der Waals surface area contributed by atoms with Crippen LogP contribution in [0.15, 0.2) is 35.4 Å². The molecule has 1 aliphatic heterocycles. The number of anilines is 1. The minimum atomic E-state index is -3.59. The number of aryl methyl sites for hydroxylation is 1. The quantitative estimate of drug-likeness (QED) is 0.795. The fourth-order valence-corrected chi connectivity index (χ4v) is 4.85. The van der Waals surface area contributed by atoms with Crippen molar-refractivity contribution in [1.29, 1.82) is 0 Å². The number of methoxy groups -OCH3 is 2. The summed E-state index contributed by atoms with van der Waals surface area (Å²) in [5.74, 6) is 0.629. The predicted octanol–water partition coefficient (Wildman–Crippen LogP) is 2.47. The van der Waals surface area contributed by atoms with Crippen molar-refractivity contribution in [3.05, 3.63) is 36.2 Å². The topological polar surface area (TPSA) is 89.9 Å². The number of rotatable bonds is 6. The maximum absolute atomic E-state index is 12.8. The number of carbonyl (C=O) groups is 1. The van der Waals surface area contributed by atoms with Gasteiger partial charge >= 0.3 is 0 Å². The molecule has 2 aromatic rings. The Labute approximate surface area is 165 Å². The fourth-order valence-electron chi connectivity index (χ4n) is 3.26. The zero-order valence-electron chi connectivity index (χ0n) is 16.3. The first kappa shape index (κ1) is 20.2. The number of benzene rings is 1. The first-order chi connectivity index (χ1) is 13.4. The van der Waals surface area contributed by atoms with E-state index in [0.717, 1.165) is 19.3 Å². The van der Waals surface area contributed by atoms with Gasteiger partial charge in [0.05, 0.1) is 14.2 Å². The van der Waals surface area contributed by atoms with Crippen LogP contribution in [0.5, 0.6) is 11.5 Å². The molecule has 0 atom stereocenters. The van der Waals surface area contributed by atoms with E-state index in [2.05, 4.69) is 5.32 Å². The highest BCUT2D eigenvalue weighted by Crippen LogP contribution is 2.30. The third-order valence-electron chi connectivity index (χ3n) is 4.81. The van der Waals surface area contributed by atoms with Crippen molar-refractivity contribution in [2.45, 2.75) is 24.2 Å². The van der Waals surface area contributed by atoms with Crippen molar-refractivity contribution in [3.63, 3.8) is 0 Å². The van der Waals surface area contributed by atoms with Crippen molar-refractivity contribution < 1.29 is 22.7 Å². The van der Waals surface area contributed by atoms with Gasteiger partial charge in [-0.05, 0) is 31.0 Å². The largest absolute Gasteiger partial charge is 0.493 e. The first-order valence-electron chi connectivity index (χ1n) is 9.06. The monoisotopic (exact) mass is 407 g/mol. The maximum atomic E-state index is 12.8. The van der Waals surface area contributed by atoms with Crippen LogP contribution in [0, 0.1) is 0 Å². The van der Waals surface area contributed by atoms with E-state index in [0.29, 0.717) is 30.3 Å². The highest BCUT2D eigenvalue weighted by Gasteiger charge is 2.28. The standard InChI is InChI=1S/C19H25N3O5S/c1-21-13-15(28(24,25)22-9-5-4-6-10-22)12-16(21)19(23)20-14-7-8-17(26-2)18(11-14)27-3/h7-8,11-13H,4-6,9-10H2,1-3H3,(H,20,23). The molecule has 1 aromatic carbocycles. The van der Waals surface area contributed by atoms with E-state index in [-0.39, 0.29) is 10.6 Å². The van der Waals surface area contributed by atoms with Crippen LogP contribution in [-0.4, -0.2) is 50.5 Å². The number of nitrogens with zero attached hydrogens (tertiary/aromatic N) is 2. The van der Waals surface area contributed by atoms with Gasteiger partial charge in [-0.3, -0.25) is 4.79 Å². The summed E-state index contributed by atoms with van der Waals surface area (Å²) in [7, 11) is 1.10. The summed E-state index contributed by atoms with van der Waals surface area (Å²) in [5.41, 5.74) is 0.773. The SMILES string of the molecule is COc1ccc(NC(=O)c2cc(S(=O)(=O)N3CCCCC3)cn2C)cc1OC. The number of nitrogens with one attached hydrogen (secondary N) is 1. The molecule has 0 spiro atoms. The zero-order valence-corrected chi connectivity index (χ0v) is 17.1. The summed E-state index contributed by atoms with van der Waals surface area (Å²) < 4.78 is 39.1. The Bertz CT molecular complexity index is 962. The van der Waals surface area contributed by atoms with Crippen LogP contribution in [0.3, 0.4) is 0 Å². The number of piperidine rings is 1. The lowest BCUT2D eigenvalue weighted by Crippen LogP contribution is -2.35. The summed E-state index contributed by atoms with van der Waals surface area (Å²) in [5, 5.41) is 2.77. The molecule has 9 heteroatoms. The lowest BCUT2D eigenvalue weighted by atomic mass is 10.2. The molecule has 1 N–H and O–H groups in total. The Morgan fingerprint density at radius 1 is 1.04 bits per heavy atom. The molecule has 2 heterocycles. The third-order valence-corrected chi connectivity index (χ3v) is 6.67. The number of hydrogen-bond acceptors (Lipinski definition) is 5.